The first-order chi connectivity index (χ1) is 9.97. The maximum Gasteiger partial charge on any atom is 0.328 e. The zero-order chi connectivity index (χ0) is 15.4. The van der Waals surface area contributed by atoms with E-state index in [-0.39, 0.29) is 0 Å². The van der Waals surface area contributed by atoms with Crippen LogP contribution in [0.25, 0.3) is 6.08 Å². The topological polar surface area (TPSA) is 59.4 Å². The van der Waals surface area contributed by atoms with Crippen LogP contribution in [0.3, 0.4) is 0 Å². The van der Waals surface area contributed by atoms with Crippen molar-refractivity contribution in [2.75, 3.05) is 0 Å². The lowest BCUT2D eigenvalue weighted by atomic mass is 10.1. The van der Waals surface area contributed by atoms with Crippen molar-refractivity contribution in [2.45, 2.75) is 13.8 Å². The average molecular weight is 348 g/mol. The van der Waals surface area contributed by atoms with Gasteiger partial charge in [-0.1, -0.05) is 15.9 Å². The van der Waals surface area contributed by atoms with E-state index in [9.17, 15) is 4.79 Å². The molecule has 0 radical (unpaired) electrons. The van der Waals surface area contributed by atoms with Gasteiger partial charge in [0, 0.05) is 22.3 Å². The number of hydrogen-bond acceptors (Lipinski definition) is 3. The standard InChI is InChI=1S/C16H14BrNO3/c1-10-8-13(9-11(2)15(10)17)21-16-12(4-3-7-18-16)5-6-14(19)20/h3-9H,1-2H3,(H,19,20)/b6-5+. The zero-order valence-corrected chi connectivity index (χ0v) is 13.2. The van der Waals surface area contributed by atoms with Crippen molar-refractivity contribution < 1.29 is 14.6 Å². The average Bonchev–Trinajstić information content (AvgIpc) is 2.43. The molecule has 0 bridgehead atoms. The van der Waals surface area contributed by atoms with Gasteiger partial charge in [0.2, 0.25) is 5.88 Å². The fourth-order valence-electron chi connectivity index (χ4n) is 1.85. The first-order valence-electron chi connectivity index (χ1n) is 6.28. The van der Waals surface area contributed by atoms with Gasteiger partial charge in [0.05, 0.1) is 0 Å². The number of halogens is 1. The fourth-order valence-corrected chi connectivity index (χ4v) is 2.08. The third-order valence-corrected chi connectivity index (χ3v) is 4.08. The molecule has 2 aromatic rings. The molecule has 0 unspecified atom stereocenters. The van der Waals surface area contributed by atoms with Gasteiger partial charge in [0.15, 0.2) is 0 Å². The van der Waals surface area contributed by atoms with E-state index in [2.05, 4.69) is 20.9 Å². The van der Waals surface area contributed by atoms with Gasteiger partial charge in [0.25, 0.3) is 0 Å². The summed E-state index contributed by atoms with van der Waals surface area (Å²) >= 11 is 3.51. The van der Waals surface area contributed by atoms with Crippen LogP contribution in [-0.4, -0.2) is 16.1 Å². The number of benzene rings is 1. The molecule has 4 nitrogen and oxygen atoms in total. The van der Waals surface area contributed by atoms with Crippen LogP contribution in [0.15, 0.2) is 41.0 Å². The summed E-state index contributed by atoms with van der Waals surface area (Å²) in [6.45, 7) is 3.96. The Hall–Kier alpha value is -2.14. The summed E-state index contributed by atoms with van der Waals surface area (Å²) in [7, 11) is 0. The number of pyridine rings is 1. The van der Waals surface area contributed by atoms with E-state index in [1.54, 1.807) is 18.3 Å². The van der Waals surface area contributed by atoms with Crippen LogP contribution in [0, 0.1) is 13.8 Å². The SMILES string of the molecule is Cc1cc(Oc2ncccc2/C=C/C(=O)O)cc(C)c1Br. The van der Waals surface area contributed by atoms with Crippen molar-refractivity contribution in [1.29, 1.82) is 0 Å². The summed E-state index contributed by atoms with van der Waals surface area (Å²) in [6.07, 6.45) is 4.12. The van der Waals surface area contributed by atoms with Crippen molar-refractivity contribution in [3.8, 4) is 11.6 Å². The van der Waals surface area contributed by atoms with Gasteiger partial charge in [-0.3, -0.25) is 0 Å². The van der Waals surface area contributed by atoms with Crippen molar-refractivity contribution in [1.82, 2.24) is 4.98 Å². The van der Waals surface area contributed by atoms with E-state index < -0.39 is 5.97 Å². The van der Waals surface area contributed by atoms with E-state index in [0.29, 0.717) is 17.2 Å². The summed E-state index contributed by atoms with van der Waals surface area (Å²) in [4.78, 5) is 14.8. The second-order valence-corrected chi connectivity index (χ2v) is 5.34. The van der Waals surface area contributed by atoms with Crippen LogP contribution < -0.4 is 4.74 Å². The van der Waals surface area contributed by atoms with Crippen molar-refractivity contribution in [3.05, 3.63) is 57.7 Å². The lowest BCUT2D eigenvalue weighted by Crippen LogP contribution is -1.93. The molecule has 0 saturated carbocycles. The predicted molar refractivity (Wildman–Crippen MR) is 84.6 cm³/mol. The van der Waals surface area contributed by atoms with Gasteiger partial charge in [-0.05, 0) is 55.3 Å². The number of ether oxygens (including phenoxy) is 1. The van der Waals surface area contributed by atoms with Gasteiger partial charge < -0.3 is 9.84 Å². The van der Waals surface area contributed by atoms with Crippen molar-refractivity contribution in [3.63, 3.8) is 0 Å². The normalized spacial score (nSPS) is 10.8. The number of aryl methyl sites for hydroxylation is 2. The first-order valence-corrected chi connectivity index (χ1v) is 7.07. The molecule has 0 amide bonds. The Morgan fingerprint density at radius 2 is 2.00 bits per heavy atom. The second kappa shape index (κ2) is 6.54. The molecule has 0 aliphatic carbocycles. The maximum atomic E-state index is 10.6. The Labute approximate surface area is 131 Å². The molecule has 0 saturated heterocycles. The molecule has 2 rings (SSSR count). The Kier molecular flexibility index (Phi) is 4.75. The van der Waals surface area contributed by atoms with E-state index in [0.717, 1.165) is 21.7 Å². The quantitative estimate of drug-likeness (QED) is 0.835. The molecular formula is C16H14BrNO3. The lowest BCUT2D eigenvalue weighted by molar-refractivity contribution is -0.131. The largest absolute Gasteiger partial charge is 0.478 e. The number of aliphatic carboxylic acids is 1. The minimum absolute atomic E-state index is 0.371. The van der Waals surface area contributed by atoms with Crippen LogP contribution in [0.1, 0.15) is 16.7 Å². The van der Waals surface area contributed by atoms with E-state index in [1.165, 1.54) is 6.08 Å². The van der Waals surface area contributed by atoms with E-state index >= 15 is 0 Å². The smallest absolute Gasteiger partial charge is 0.328 e. The minimum Gasteiger partial charge on any atom is -0.478 e. The molecular weight excluding hydrogens is 334 g/mol. The Balaban J connectivity index is 2.34. The van der Waals surface area contributed by atoms with Crippen LogP contribution in [-0.2, 0) is 4.79 Å². The molecule has 1 aromatic heterocycles. The number of nitrogens with zero attached hydrogens (tertiary/aromatic N) is 1. The Morgan fingerprint density at radius 1 is 1.33 bits per heavy atom. The van der Waals surface area contributed by atoms with Gasteiger partial charge in [-0.25, -0.2) is 9.78 Å². The van der Waals surface area contributed by atoms with Crippen molar-refractivity contribution >= 4 is 28.0 Å². The number of rotatable bonds is 4. The minimum atomic E-state index is -1.01. The van der Waals surface area contributed by atoms with Crippen LogP contribution in [0.2, 0.25) is 0 Å². The van der Waals surface area contributed by atoms with Gasteiger partial charge >= 0.3 is 5.97 Å². The maximum absolute atomic E-state index is 10.6. The Morgan fingerprint density at radius 3 is 2.62 bits per heavy atom. The molecule has 0 spiro atoms. The monoisotopic (exact) mass is 347 g/mol. The van der Waals surface area contributed by atoms with Crippen LogP contribution in [0.5, 0.6) is 11.6 Å². The number of hydrogen-bond donors (Lipinski definition) is 1. The third-order valence-electron chi connectivity index (χ3n) is 2.83. The van der Waals surface area contributed by atoms with Crippen LogP contribution >= 0.6 is 15.9 Å². The summed E-state index contributed by atoms with van der Waals surface area (Å²) in [5.41, 5.74) is 2.73. The number of carbonyl (C=O) groups is 1. The van der Waals surface area contributed by atoms with Gasteiger partial charge in [0.1, 0.15) is 5.75 Å². The molecule has 5 heteroatoms. The summed E-state index contributed by atoms with van der Waals surface area (Å²) in [6, 6.07) is 7.28. The molecule has 1 heterocycles. The second-order valence-electron chi connectivity index (χ2n) is 4.54. The summed E-state index contributed by atoms with van der Waals surface area (Å²) in [5.74, 6) is 0.0214. The highest BCUT2D eigenvalue weighted by atomic mass is 79.9. The molecule has 0 aliphatic rings. The molecule has 1 N–H and O–H groups in total. The van der Waals surface area contributed by atoms with E-state index in [4.69, 9.17) is 9.84 Å². The Bertz CT molecular complexity index is 687. The highest BCUT2D eigenvalue weighted by molar-refractivity contribution is 9.10. The molecule has 0 fully saturated rings. The van der Waals surface area contributed by atoms with Gasteiger partial charge in [-0.15, -0.1) is 0 Å². The van der Waals surface area contributed by atoms with Crippen LogP contribution in [0.4, 0.5) is 0 Å². The van der Waals surface area contributed by atoms with Gasteiger partial charge in [-0.2, -0.15) is 0 Å². The lowest BCUT2D eigenvalue weighted by Gasteiger charge is -2.10. The zero-order valence-electron chi connectivity index (χ0n) is 11.6. The number of aromatic nitrogens is 1. The molecule has 0 atom stereocenters. The fraction of sp³-hybridized carbons (Fsp3) is 0.125. The van der Waals surface area contributed by atoms with E-state index in [1.807, 2.05) is 26.0 Å². The molecule has 0 aliphatic heterocycles. The molecule has 108 valence electrons. The third kappa shape index (κ3) is 3.92. The predicted octanol–water partition coefficient (Wildman–Crippen LogP) is 4.35. The molecule has 1 aromatic carbocycles. The summed E-state index contributed by atoms with van der Waals surface area (Å²) in [5, 5.41) is 8.71. The molecule has 21 heavy (non-hydrogen) atoms. The number of carboxylic acids is 1. The summed E-state index contributed by atoms with van der Waals surface area (Å²) < 4.78 is 6.83. The number of carboxylic acid groups (broad SMARTS) is 1. The first kappa shape index (κ1) is 15.3. The highest BCUT2D eigenvalue weighted by Crippen LogP contribution is 2.30. The van der Waals surface area contributed by atoms with Crippen molar-refractivity contribution in [2.24, 2.45) is 0 Å². The highest BCUT2D eigenvalue weighted by Gasteiger charge is 2.07.